The van der Waals surface area contributed by atoms with Crippen LogP contribution in [0.15, 0.2) is 71.8 Å². The number of carbonyl (C=O) groups is 1. The van der Waals surface area contributed by atoms with E-state index in [0.29, 0.717) is 41.1 Å². The van der Waals surface area contributed by atoms with Crippen molar-refractivity contribution in [1.29, 1.82) is 0 Å². The van der Waals surface area contributed by atoms with E-state index in [-0.39, 0.29) is 17.6 Å². The molecule has 0 aliphatic carbocycles. The largest absolute Gasteiger partial charge is 0.486 e. The van der Waals surface area contributed by atoms with E-state index in [1.165, 1.54) is 6.07 Å². The van der Waals surface area contributed by atoms with Gasteiger partial charge in [-0.3, -0.25) is 14.3 Å². The summed E-state index contributed by atoms with van der Waals surface area (Å²) in [5.41, 5.74) is 1.12. The SMILES string of the molecule is O=C(Nc1cnn(C[C@H]2COc3ccccc3O2)c1)c1cc(=O)[nH]c2ccccc12. The van der Waals surface area contributed by atoms with Gasteiger partial charge in [-0.2, -0.15) is 5.10 Å². The minimum atomic E-state index is -0.372. The first kappa shape index (κ1) is 18.0. The summed E-state index contributed by atoms with van der Waals surface area (Å²) in [5, 5.41) is 7.77. The molecule has 1 atom stereocenters. The summed E-state index contributed by atoms with van der Waals surface area (Å²) in [6.07, 6.45) is 3.09. The number of pyridine rings is 1. The fourth-order valence-corrected chi connectivity index (χ4v) is 3.48. The molecule has 2 aromatic carbocycles. The molecule has 4 aromatic rings. The molecule has 3 heterocycles. The molecular formula is C22H18N4O4. The van der Waals surface area contributed by atoms with Crippen molar-refractivity contribution in [3.8, 4) is 11.5 Å². The van der Waals surface area contributed by atoms with Gasteiger partial charge in [0.2, 0.25) is 5.56 Å². The summed E-state index contributed by atoms with van der Waals surface area (Å²) in [6, 6.07) is 16.0. The zero-order chi connectivity index (χ0) is 20.5. The molecule has 0 saturated carbocycles. The van der Waals surface area contributed by atoms with Crippen LogP contribution < -0.4 is 20.3 Å². The van der Waals surface area contributed by atoms with Gasteiger partial charge in [0.05, 0.1) is 24.0 Å². The molecule has 2 aromatic heterocycles. The van der Waals surface area contributed by atoms with Gasteiger partial charge in [0.1, 0.15) is 6.61 Å². The first-order valence-electron chi connectivity index (χ1n) is 9.50. The van der Waals surface area contributed by atoms with E-state index in [4.69, 9.17) is 9.47 Å². The smallest absolute Gasteiger partial charge is 0.256 e. The van der Waals surface area contributed by atoms with Crippen molar-refractivity contribution < 1.29 is 14.3 Å². The maximum absolute atomic E-state index is 12.8. The lowest BCUT2D eigenvalue weighted by Gasteiger charge is -2.26. The number of nitrogens with zero attached hydrogens (tertiary/aromatic N) is 2. The molecule has 8 heteroatoms. The molecule has 2 N–H and O–H groups in total. The third-order valence-electron chi connectivity index (χ3n) is 4.84. The Hall–Kier alpha value is -4.07. The summed E-state index contributed by atoms with van der Waals surface area (Å²) in [5.74, 6) is 1.06. The van der Waals surface area contributed by atoms with E-state index in [1.807, 2.05) is 30.3 Å². The molecule has 1 aliphatic rings. The third kappa shape index (κ3) is 3.50. The number of nitrogens with one attached hydrogen (secondary N) is 2. The molecule has 8 nitrogen and oxygen atoms in total. The molecule has 0 fully saturated rings. The van der Waals surface area contributed by atoms with Gasteiger partial charge < -0.3 is 19.8 Å². The van der Waals surface area contributed by atoms with Gasteiger partial charge in [-0.25, -0.2) is 0 Å². The number of fused-ring (bicyclic) bond motifs is 2. The molecule has 0 saturated heterocycles. The Morgan fingerprint density at radius 1 is 1.17 bits per heavy atom. The molecule has 0 bridgehead atoms. The average Bonchev–Trinajstić information content (AvgIpc) is 3.19. The zero-order valence-corrected chi connectivity index (χ0v) is 15.9. The van der Waals surface area contributed by atoms with Crippen LogP contribution in [0.5, 0.6) is 11.5 Å². The molecule has 0 spiro atoms. The second kappa shape index (κ2) is 7.40. The number of rotatable bonds is 4. The van der Waals surface area contributed by atoms with Crippen LogP contribution in [0.1, 0.15) is 10.4 Å². The van der Waals surface area contributed by atoms with E-state index in [2.05, 4.69) is 15.4 Å². The van der Waals surface area contributed by atoms with Crippen molar-refractivity contribution >= 4 is 22.5 Å². The van der Waals surface area contributed by atoms with Gasteiger partial charge >= 0.3 is 0 Å². The summed E-state index contributed by atoms with van der Waals surface area (Å²) in [4.78, 5) is 27.4. The fraction of sp³-hybridized carbons (Fsp3) is 0.136. The molecule has 1 amide bonds. The average molecular weight is 402 g/mol. The standard InChI is InChI=1S/C22H18N4O4/c27-21-9-17(16-5-1-2-6-18(16)25-21)22(28)24-14-10-23-26(11-14)12-15-13-29-19-7-3-4-8-20(19)30-15/h1-11,15H,12-13H2,(H,24,28)(H,25,27)/t15-/m0/s1. The van der Waals surface area contributed by atoms with Gasteiger partial charge in [-0.1, -0.05) is 30.3 Å². The quantitative estimate of drug-likeness (QED) is 0.547. The Balaban J connectivity index is 1.30. The van der Waals surface area contributed by atoms with Crippen molar-refractivity contribution in [2.45, 2.75) is 12.6 Å². The van der Waals surface area contributed by atoms with Crippen molar-refractivity contribution in [1.82, 2.24) is 14.8 Å². The van der Waals surface area contributed by atoms with Crippen LogP contribution >= 0.6 is 0 Å². The van der Waals surface area contributed by atoms with Gasteiger partial charge in [0.25, 0.3) is 5.91 Å². The number of aromatic nitrogens is 3. The van der Waals surface area contributed by atoms with Crippen LogP contribution in [0.2, 0.25) is 0 Å². The highest BCUT2D eigenvalue weighted by atomic mass is 16.6. The Morgan fingerprint density at radius 3 is 2.87 bits per heavy atom. The normalized spacial score (nSPS) is 15.1. The first-order valence-corrected chi connectivity index (χ1v) is 9.50. The lowest BCUT2D eigenvalue weighted by molar-refractivity contribution is 0.0759. The number of aromatic amines is 1. The molecule has 150 valence electrons. The first-order chi connectivity index (χ1) is 14.7. The lowest BCUT2D eigenvalue weighted by Crippen LogP contribution is -2.33. The highest BCUT2D eigenvalue weighted by molar-refractivity contribution is 6.12. The van der Waals surface area contributed by atoms with Crippen molar-refractivity contribution in [2.75, 3.05) is 11.9 Å². The van der Waals surface area contributed by atoms with E-state index in [9.17, 15) is 9.59 Å². The lowest BCUT2D eigenvalue weighted by atomic mass is 10.1. The Labute approximate surface area is 171 Å². The number of amides is 1. The number of carbonyl (C=O) groups excluding carboxylic acids is 1. The minimum Gasteiger partial charge on any atom is -0.486 e. The molecule has 0 unspecified atom stereocenters. The number of para-hydroxylation sites is 3. The highest BCUT2D eigenvalue weighted by Crippen LogP contribution is 2.31. The van der Waals surface area contributed by atoms with Gasteiger partial charge in [-0.05, 0) is 18.2 Å². The second-order valence-electron chi connectivity index (χ2n) is 7.00. The van der Waals surface area contributed by atoms with Gasteiger partial charge in [0, 0.05) is 23.2 Å². The van der Waals surface area contributed by atoms with Crippen LogP contribution in [0, 0.1) is 0 Å². The van der Waals surface area contributed by atoms with Crippen LogP contribution in [-0.2, 0) is 6.54 Å². The molecular weight excluding hydrogens is 384 g/mol. The van der Waals surface area contributed by atoms with Crippen molar-refractivity contribution in [3.63, 3.8) is 0 Å². The molecule has 1 aliphatic heterocycles. The van der Waals surface area contributed by atoms with Gasteiger partial charge in [0.15, 0.2) is 17.6 Å². The second-order valence-corrected chi connectivity index (χ2v) is 7.00. The van der Waals surface area contributed by atoms with Gasteiger partial charge in [-0.15, -0.1) is 0 Å². The van der Waals surface area contributed by atoms with E-state index in [0.717, 1.165) is 5.75 Å². The van der Waals surface area contributed by atoms with Crippen LogP contribution in [0.4, 0.5) is 5.69 Å². The maximum atomic E-state index is 12.8. The number of H-pyrrole nitrogens is 1. The Kier molecular flexibility index (Phi) is 4.44. The van der Waals surface area contributed by atoms with Crippen LogP contribution in [0.25, 0.3) is 10.9 Å². The molecule has 5 rings (SSSR count). The summed E-state index contributed by atoms with van der Waals surface area (Å²) < 4.78 is 13.4. The predicted molar refractivity (Wildman–Crippen MR) is 111 cm³/mol. The highest BCUT2D eigenvalue weighted by Gasteiger charge is 2.21. The monoisotopic (exact) mass is 402 g/mol. The molecule has 30 heavy (non-hydrogen) atoms. The van der Waals surface area contributed by atoms with E-state index < -0.39 is 0 Å². The summed E-state index contributed by atoms with van der Waals surface area (Å²) >= 11 is 0. The van der Waals surface area contributed by atoms with Crippen LogP contribution in [0.3, 0.4) is 0 Å². The Bertz CT molecular complexity index is 1290. The zero-order valence-electron chi connectivity index (χ0n) is 15.9. The van der Waals surface area contributed by atoms with Crippen molar-refractivity contribution in [3.05, 3.63) is 82.9 Å². The topological polar surface area (TPSA) is 98.2 Å². The summed E-state index contributed by atoms with van der Waals surface area (Å²) in [6.45, 7) is 0.884. The van der Waals surface area contributed by atoms with Crippen molar-refractivity contribution in [2.24, 2.45) is 0 Å². The number of benzene rings is 2. The van der Waals surface area contributed by atoms with E-state index >= 15 is 0 Å². The number of hydrogen-bond donors (Lipinski definition) is 2. The number of ether oxygens (including phenoxy) is 2. The maximum Gasteiger partial charge on any atom is 0.256 e. The number of hydrogen-bond acceptors (Lipinski definition) is 5. The van der Waals surface area contributed by atoms with Crippen LogP contribution in [-0.4, -0.2) is 33.4 Å². The van der Waals surface area contributed by atoms with E-state index in [1.54, 1.807) is 35.3 Å². The Morgan fingerprint density at radius 2 is 1.97 bits per heavy atom. The third-order valence-corrected chi connectivity index (χ3v) is 4.84. The fourth-order valence-electron chi connectivity index (χ4n) is 3.48. The summed E-state index contributed by atoms with van der Waals surface area (Å²) in [7, 11) is 0. The molecule has 0 radical (unpaired) electrons. The predicted octanol–water partition coefficient (Wildman–Crippen LogP) is 2.82. The minimum absolute atomic E-state index is 0.194. The number of anilines is 1.